The Bertz CT molecular complexity index is 881. The topological polar surface area (TPSA) is 56.3 Å². The van der Waals surface area contributed by atoms with Gasteiger partial charge in [-0.3, -0.25) is 9.59 Å². The van der Waals surface area contributed by atoms with E-state index in [1.807, 2.05) is 24.3 Å². The summed E-state index contributed by atoms with van der Waals surface area (Å²) in [5.41, 5.74) is 1.12. The molecular formula is C32H52N4O3. The van der Waals surface area contributed by atoms with E-state index in [-0.39, 0.29) is 5.91 Å². The Morgan fingerprint density at radius 1 is 0.718 bits per heavy atom. The smallest absolute Gasteiger partial charge is 0.222 e. The van der Waals surface area contributed by atoms with Crippen LogP contribution < -0.4 is 4.74 Å². The molecule has 0 N–H and O–H groups in total. The first-order chi connectivity index (χ1) is 19.1. The van der Waals surface area contributed by atoms with E-state index in [9.17, 15) is 9.59 Å². The Morgan fingerprint density at radius 2 is 1.18 bits per heavy atom. The van der Waals surface area contributed by atoms with Gasteiger partial charge in [0.05, 0.1) is 7.11 Å². The largest absolute Gasteiger partial charge is 0.496 e. The van der Waals surface area contributed by atoms with Gasteiger partial charge in [-0.15, -0.1) is 0 Å². The van der Waals surface area contributed by atoms with E-state index < -0.39 is 0 Å². The fraction of sp³-hybridized carbons (Fsp3) is 0.750. The minimum Gasteiger partial charge on any atom is -0.496 e. The second-order valence-electron chi connectivity index (χ2n) is 11.8. The zero-order chi connectivity index (χ0) is 27.5. The maximum absolute atomic E-state index is 12.5. The van der Waals surface area contributed by atoms with Crippen LogP contribution in [-0.4, -0.2) is 103 Å². The molecular weight excluding hydrogens is 488 g/mol. The van der Waals surface area contributed by atoms with Crippen molar-refractivity contribution in [2.75, 3.05) is 59.5 Å². The fourth-order valence-corrected chi connectivity index (χ4v) is 6.86. The number of methoxy groups -OCH3 is 1. The maximum atomic E-state index is 12.5. The predicted molar refractivity (Wildman–Crippen MR) is 157 cm³/mol. The van der Waals surface area contributed by atoms with E-state index in [0.717, 1.165) is 75.6 Å². The van der Waals surface area contributed by atoms with Gasteiger partial charge in [0, 0.05) is 51.1 Å². The number of aryl methyl sites for hydroxylation is 1. The van der Waals surface area contributed by atoms with E-state index in [4.69, 9.17) is 4.74 Å². The third kappa shape index (κ3) is 8.68. The molecule has 4 heterocycles. The molecule has 218 valence electrons. The van der Waals surface area contributed by atoms with Crippen LogP contribution in [0.1, 0.15) is 83.1 Å². The standard InChI is InChI=1S/C19H28N2O2.C13H24N2O/c1-23-18-7-3-2-6-16(18)8-9-19(22)21-14-10-17(11-15-21)20-12-4-5-13-20;1-2-5-13(16)15-10-6-12(7-11-15)14-8-3-4-9-14/h2-3,6-7,17H,4-5,8-15H2,1H3;12H,2-11H2,1H3. The molecule has 39 heavy (non-hydrogen) atoms. The van der Waals surface area contributed by atoms with Crippen LogP contribution >= 0.6 is 0 Å². The maximum Gasteiger partial charge on any atom is 0.222 e. The molecule has 7 nitrogen and oxygen atoms in total. The van der Waals surface area contributed by atoms with Gasteiger partial charge in [-0.1, -0.05) is 25.1 Å². The van der Waals surface area contributed by atoms with Gasteiger partial charge in [0.15, 0.2) is 0 Å². The zero-order valence-corrected chi connectivity index (χ0v) is 24.6. The van der Waals surface area contributed by atoms with Crippen molar-refractivity contribution in [3.05, 3.63) is 29.8 Å². The molecule has 0 radical (unpaired) electrons. The molecule has 0 bridgehead atoms. The number of nitrogens with zero attached hydrogens (tertiary/aromatic N) is 4. The molecule has 1 aromatic rings. The molecule has 4 fully saturated rings. The summed E-state index contributed by atoms with van der Waals surface area (Å²) in [6, 6.07) is 9.44. The average molecular weight is 541 g/mol. The molecule has 2 amide bonds. The molecule has 4 aliphatic heterocycles. The van der Waals surface area contributed by atoms with Crippen LogP contribution in [-0.2, 0) is 16.0 Å². The van der Waals surface area contributed by atoms with Gasteiger partial charge in [0.25, 0.3) is 0 Å². The summed E-state index contributed by atoms with van der Waals surface area (Å²) in [5, 5.41) is 0. The highest BCUT2D eigenvalue weighted by Gasteiger charge is 2.29. The molecule has 0 aromatic heterocycles. The summed E-state index contributed by atoms with van der Waals surface area (Å²) in [7, 11) is 1.68. The number of likely N-dealkylation sites (tertiary alicyclic amines) is 4. The Balaban J connectivity index is 0.000000193. The number of ether oxygens (including phenoxy) is 1. The van der Waals surface area contributed by atoms with E-state index in [1.165, 1.54) is 64.7 Å². The third-order valence-corrected chi connectivity index (χ3v) is 9.21. The van der Waals surface area contributed by atoms with E-state index in [0.29, 0.717) is 18.4 Å². The number of para-hydroxylation sites is 1. The highest BCUT2D eigenvalue weighted by molar-refractivity contribution is 5.77. The Hall–Kier alpha value is -2.12. The molecule has 0 aliphatic carbocycles. The van der Waals surface area contributed by atoms with Crippen LogP contribution in [0.25, 0.3) is 0 Å². The summed E-state index contributed by atoms with van der Waals surface area (Å²) < 4.78 is 5.36. The van der Waals surface area contributed by atoms with Gasteiger partial charge in [0.1, 0.15) is 5.75 Å². The van der Waals surface area contributed by atoms with Crippen LogP contribution in [0.15, 0.2) is 24.3 Å². The van der Waals surface area contributed by atoms with Crippen molar-refractivity contribution in [1.82, 2.24) is 19.6 Å². The third-order valence-electron chi connectivity index (χ3n) is 9.21. The molecule has 0 atom stereocenters. The van der Waals surface area contributed by atoms with Crippen molar-refractivity contribution in [2.45, 2.75) is 96.1 Å². The van der Waals surface area contributed by atoms with Crippen molar-refractivity contribution in [1.29, 1.82) is 0 Å². The van der Waals surface area contributed by atoms with Crippen LogP contribution in [0.5, 0.6) is 5.75 Å². The van der Waals surface area contributed by atoms with Crippen molar-refractivity contribution < 1.29 is 14.3 Å². The second kappa shape index (κ2) is 15.6. The average Bonchev–Trinajstić information content (AvgIpc) is 3.72. The molecule has 0 saturated carbocycles. The number of amides is 2. The highest BCUT2D eigenvalue weighted by atomic mass is 16.5. The van der Waals surface area contributed by atoms with Gasteiger partial charge in [-0.05, 0) is 102 Å². The minimum atomic E-state index is 0.288. The number of hydrogen-bond acceptors (Lipinski definition) is 5. The number of benzene rings is 1. The highest BCUT2D eigenvalue weighted by Crippen LogP contribution is 2.24. The van der Waals surface area contributed by atoms with E-state index in [1.54, 1.807) is 7.11 Å². The summed E-state index contributed by atoms with van der Waals surface area (Å²) in [6.07, 6.45) is 13.1. The van der Waals surface area contributed by atoms with Crippen molar-refractivity contribution in [3.63, 3.8) is 0 Å². The number of carbonyl (C=O) groups is 2. The van der Waals surface area contributed by atoms with E-state index in [2.05, 4.69) is 26.5 Å². The van der Waals surface area contributed by atoms with Gasteiger partial charge in [0.2, 0.25) is 11.8 Å². The molecule has 0 spiro atoms. The van der Waals surface area contributed by atoms with Crippen LogP contribution in [0.4, 0.5) is 0 Å². The number of piperidine rings is 2. The minimum absolute atomic E-state index is 0.288. The van der Waals surface area contributed by atoms with Crippen molar-refractivity contribution in [3.8, 4) is 5.75 Å². The summed E-state index contributed by atoms with van der Waals surface area (Å²) >= 11 is 0. The SMILES string of the molecule is CCCC(=O)N1CCC(N2CCCC2)CC1.COc1ccccc1CCC(=O)N1CCC(N2CCCC2)CC1. The quantitative estimate of drug-likeness (QED) is 0.483. The van der Waals surface area contributed by atoms with Gasteiger partial charge in [-0.25, -0.2) is 0 Å². The molecule has 5 rings (SSSR count). The van der Waals surface area contributed by atoms with Gasteiger partial charge in [-0.2, -0.15) is 0 Å². The molecule has 1 aromatic carbocycles. The van der Waals surface area contributed by atoms with Gasteiger partial charge >= 0.3 is 0 Å². The van der Waals surface area contributed by atoms with Crippen LogP contribution in [0.2, 0.25) is 0 Å². The summed E-state index contributed by atoms with van der Waals surface area (Å²) in [4.78, 5) is 33.6. The summed E-state index contributed by atoms with van der Waals surface area (Å²) in [6.45, 7) is 11.0. The van der Waals surface area contributed by atoms with Crippen molar-refractivity contribution in [2.24, 2.45) is 0 Å². The van der Waals surface area contributed by atoms with Crippen LogP contribution in [0, 0.1) is 0 Å². The lowest BCUT2D eigenvalue weighted by atomic mass is 10.0. The number of carbonyl (C=O) groups excluding carboxylic acids is 2. The fourth-order valence-electron chi connectivity index (χ4n) is 6.86. The number of hydrogen-bond donors (Lipinski definition) is 0. The first-order valence-electron chi connectivity index (χ1n) is 15.7. The Morgan fingerprint density at radius 3 is 1.64 bits per heavy atom. The Labute approximate surface area is 236 Å². The summed E-state index contributed by atoms with van der Waals surface area (Å²) in [5.74, 6) is 1.53. The molecule has 7 heteroatoms. The lowest BCUT2D eigenvalue weighted by molar-refractivity contribution is -0.133. The Kier molecular flexibility index (Phi) is 11.9. The van der Waals surface area contributed by atoms with Crippen molar-refractivity contribution >= 4 is 11.8 Å². The number of rotatable bonds is 8. The molecule has 4 saturated heterocycles. The normalized spacial score (nSPS) is 21.6. The molecule has 4 aliphatic rings. The predicted octanol–water partition coefficient (Wildman–Crippen LogP) is 4.59. The lowest BCUT2D eigenvalue weighted by Gasteiger charge is -2.36. The monoisotopic (exact) mass is 540 g/mol. The zero-order valence-electron chi connectivity index (χ0n) is 24.6. The second-order valence-corrected chi connectivity index (χ2v) is 11.8. The van der Waals surface area contributed by atoms with Gasteiger partial charge < -0.3 is 24.3 Å². The molecule has 0 unspecified atom stereocenters. The first kappa shape index (κ1) is 29.9. The first-order valence-corrected chi connectivity index (χ1v) is 15.7. The lowest BCUT2D eigenvalue weighted by Crippen LogP contribution is -2.45. The van der Waals surface area contributed by atoms with E-state index >= 15 is 0 Å². The van der Waals surface area contributed by atoms with Crippen LogP contribution in [0.3, 0.4) is 0 Å².